The monoisotopic (exact) mass is 246 g/mol. The minimum Gasteiger partial charge on any atom is -0.506 e. The summed E-state index contributed by atoms with van der Waals surface area (Å²) in [5.41, 5.74) is 0.353. The molecule has 0 bridgehead atoms. The predicted octanol–water partition coefficient (Wildman–Crippen LogP) is 2.93. The smallest absolute Gasteiger partial charge is 0.443 e. The van der Waals surface area contributed by atoms with E-state index in [1.165, 1.54) is 18.3 Å². The summed E-state index contributed by atoms with van der Waals surface area (Å²) in [7, 11) is 0. The van der Waals surface area contributed by atoms with Crippen molar-refractivity contribution >= 4 is 11.3 Å². The zero-order chi connectivity index (χ0) is 11.8. The minimum atomic E-state index is -4.43. The number of rotatable bonds is 1. The van der Waals surface area contributed by atoms with Crippen LogP contribution in [0.4, 0.5) is 13.2 Å². The molecular weight excluding hydrogens is 241 g/mol. The molecule has 2 aromatic rings. The molecule has 0 aliphatic heterocycles. The fourth-order valence-corrected chi connectivity index (χ4v) is 1.82. The SMILES string of the molecule is Oc1ccc(-c2cnc(C(F)(F)F)s2)nc1. The number of nitrogens with zero attached hydrogens (tertiary/aromatic N) is 2. The second-order valence-corrected chi connectivity index (χ2v) is 3.96. The van der Waals surface area contributed by atoms with Gasteiger partial charge in [-0.2, -0.15) is 13.2 Å². The van der Waals surface area contributed by atoms with Gasteiger partial charge in [-0.25, -0.2) is 4.98 Å². The Bertz CT molecular complexity index is 492. The highest BCUT2D eigenvalue weighted by molar-refractivity contribution is 7.15. The summed E-state index contributed by atoms with van der Waals surface area (Å²) in [6.07, 6.45) is -2.14. The Morgan fingerprint density at radius 3 is 2.38 bits per heavy atom. The molecule has 84 valence electrons. The first-order valence-electron chi connectivity index (χ1n) is 4.15. The van der Waals surface area contributed by atoms with Gasteiger partial charge >= 0.3 is 6.18 Å². The maximum absolute atomic E-state index is 12.3. The third-order valence-electron chi connectivity index (χ3n) is 1.75. The van der Waals surface area contributed by atoms with Crippen LogP contribution in [-0.2, 0) is 6.18 Å². The van der Waals surface area contributed by atoms with Crippen LogP contribution in [0.15, 0.2) is 24.5 Å². The molecule has 0 unspecified atom stereocenters. The lowest BCUT2D eigenvalue weighted by molar-refractivity contribution is -0.137. The van der Waals surface area contributed by atoms with Crippen molar-refractivity contribution in [3.8, 4) is 16.3 Å². The van der Waals surface area contributed by atoms with Crippen LogP contribution < -0.4 is 0 Å². The van der Waals surface area contributed by atoms with Crippen molar-refractivity contribution in [1.82, 2.24) is 9.97 Å². The van der Waals surface area contributed by atoms with Crippen LogP contribution in [0.2, 0.25) is 0 Å². The first-order valence-corrected chi connectivity index (χ1v) is 4.97. The molecule has 2 aromatic heterocycles. The summed E-state index contributed by atoms with van der Waals surface area (Å²) in [6.45, 7) is 0. The highest BCUT2D eigenvalue weighted by Crippen LogP contribution is 2.35. The Morgan fingerprint density at radius 2 is 1.88 bits per heavy atom. The second-order valence-electron chi connectivity index (χ2n) is 2.93. The number of pyridine rings is 1. The van der Waals surface area contributed by atoms with Crippen molar-refractivity contribution < 1.29 is 18.3 Å². The maximum Gasteiger partial charge on any atom is 0.443 e. The summed E-state index contributed by atoms with van der Waals surface area (Å²) in [5, 5.41) is 8.08. The van der Waals surface area contributed by atoms with E-state index in [1.54, 1.807) is 0 Å². The van der Waals surface area contributed by atoms with E-state index >= 15 is 0 Å². The van der Waals surface area contributed by atoms with Gasteiger partial charge in [0.25, 0.3) is 0 Å². The van der Waals surface area contributed by atoms with Crippen molar-refractivity contribution in [2.75, 3.05) is 0 Å². The lowest BCUT2D eigenvalue weighted by Crippen LogP contribution is -2.02. The molecule has 0 aromatic carbocycles. The fraction of sp³-hybridized carbons (Fsp3) is 0.111. The van der Waals surface area contributed by atoms with Crippen molar-refractivity contribution in [1.29, 1.82) is 0 Å². The van der Waals surface area contributed by atoms with E-state index in [0.717, 1.165) is 6.20 Å². The molecule has 2 rings (SSSR count). The third kappa shape index (κ3) is 2.13. The van der Waals surface area contributed by atoms with E-state index in [2.05, 4.69) is 9.97 Å². The number of halogens is 3. The van der Waals surface area contributed by atoms with E-state index in [-0.39, 0.29) is 5.75 Å². The molecular formula is C9H5F3N2OS. The summed E-state index contributed by atoms with van der Waals surface area (Å²) < 4.78 is 36.8. The van der Waals surface area contributed by atoms with Crippen LogP contribution in [0.3, 0.4) is 0 Å². The predicted molar refractivity (Wildman–Crippen MR) is 52.0 cm³/mol. The summed E-state index contributed by atoms with van der Waals surface area (Å²) in [4.78, 5) is 7.39. The summed E-state index contributed by atoms with van der Waals surface area (Å²) >= 11 is 0.519. The summed E-state index contributed by atoms with van der Waals surface area (Å²) in [5.74, 6) is -0.0377. The Balaban J connectivity index is 2.35. The average Bonchev–Trinajstić information content (AvgIpc) is 2.67. The van der Waals surface area contributed by atoms with Gasteiger partial charge in [-0.3, -0.25) is 4.98 Å². The van der Waals surface area contributed by atoms with E-state index in [1.807, 2.05) is 0 Å². The van der Waals surface area contributed by atoms with Crippen LogP contribution >= 0.6 is 11.3 Å². The highest BCUT2D eigenvalue weighted by Gasteiger charge is 2.34. The molecule has 0 aliphatic carbocycles. The van der Waals surface area contributed by atoms with E-state index in [9.17, 15) is 13.2 Å². The molecule has 0 saturated heterocycles. The van der Waals surface area contributed by atoms with Crippen molar-refractivity contribution in [2.24, 2.45) is 0 Å². The number of aromatic nitrogens is 2. The van der Waals surface area contributed by atoms with Gasteiger partial charge in [0.2, 0.25) is 0 Å². The number of hydrogen-bond donors (Lipinski definition) is 1. The van der Waals surface area contributed by atoms with E-state index in [4.69, 9.17) is 5.11 Å². The second kappa shape index (κ2) is 3.75. The standard InChI is InChI=1S/C9H5F3N2OS/c10-9(11,12)8-14-4-7(16-8)6-2-1-5(15)3-13-6/h1-4,15H. The van der Waals surface area contributed by atoms with Gasteiger partial charge in [-0.05, 0) is 12.1 Å². The van der Waals surface area contributed by atoms with Gasteiger partial charge in [0.05, 0.1) is 16.8 Å². The zero-order valence-corrected chi connectivity index (χ0v) is 8.51. The number of aromatic hydroxyl groups is 1. The van der Waals surface area contributed by atoms with Gasteiger partial charge < -0.3 is 5.11 Å². The first-order chi connectivity index (χ1) is 7.47. The molecule has 0 aliphatic rings. The number of thiazole rings is 1. The number of alkyl halides is 3. The molecule has 0 fully saturated rings. The van der Waals surface area contributed by atoms with Crippen LogP contribution in [-0.4, -0.2) is 15.1 Å². The third-order valence-corrected chi connectivity index (χ3v) is 2.81. The molecule has 3 nitrogen and oxygen atoms in total. The quantitative estimate of drug-likeness (QED) is 0.841. The Labute approximate surface area is 92.2 Å². The first kappa shape index (κ1) is 10.9. The average molecular weight is 246 g/mol. The highest BCUT2D eigenvalue weighted by atomic mass is 32.1. The van der Waals surface area contributed by atoms with Crippen LogP contribution in [0.5, 0.6) is 5.75 Å². The molecule has 7 heteroatoms. The lowest BCUT2D eigenvalue weighted by Gasteiger charge is -1.99. The van der Waals surface area contributed by atoms with Crippen LogP contribution in [0.25, 0.3) is 10.6 Å². The van der Waals surface area contributed by atoms with E-state index < -0.39 is 11.2 Å². The maximum atomic E-state index is 12.3. The van der Waals surface area contributed by atoms with Gasteiger partial charge in [0.1, 0.15) is 5.75 Å². The van der Waals surface area contributed by atoms with Crippen LogP contribution in [0, 0.1) is 0 Å². The molecule has 1 N–H and O–H groups in total. The molecule has 0 spiro atoms. The minimum absolute atomic E-state index is 0.0377. The Morgan fingerprint density at radius 1 is 1.12 bits per heavy atom. The van der Waals surface area contributed by atoms with Gasteiger partial charge in [0.15, 0.2) is 5.01 Å². The topological polar surface area (TPSA) is 46.0 Å². The van der Waals surface area contributed by atoms with Crippen molar-refractivity contribution in [2.45, 2.75) is 6.18 Å². The lowest BCUT2D eigenvalue weighted by atomic mass is 10.3. The zero-order valence-electron chi connectivity index (χ0n) is 7.69. The Kier molecular flexibility index (Phi) is 2.55. The van der Waals surface area contributed by atoms with E-state index in [0.29, 0.717) is 21.9 Å². The molecule has 16 heavy (non-hydrogen) atoms. The van der Waals surface area contributed by atoms with Gasteiger partial charge in [0, 0.05) is 6.20 Å². The normalized spacial score (nSPS) is 11.7. The van der Waals surface area contributed by atoms with Crippen molar-refractivity contribution in [3.05, 3.63) is 29.5 Å². The molecule has 0 radical (unpaired) electrons. The van der Waals surface area contributed by atoms with Gasteiger partial charge in [-0.1, -0.05) is 0 Å². The summed E-state index contributed by atoms with van der Waals surface area (Å²) in [6, 6.07) is 2.79. The van der Waals surface area contributed by atoms with Gasteiger partial charge in [-0.15, -0.1) is 11.3 Å². The number of hydrogen-bond acceptors (Lipinski definition) is 4. The Hall–Kier alpha value is -1.63. The fourth-order valence-electron chi connectivity index (χ4n) is 1.06. The van der Waals surface area contributed by atoms with Crippen LogP contribution in [0.1, 0.15) is 5.01 Å². The molecule has 0 amide bonds. The largest absolute Gasteiger partial charge is 0.506 e. The molecule has 2 heterocycles. The molecule has 0 saturated carbocycles. The van der Waals surface area contributed by atoms with Crippen molar-refractivity contribution in [3.63, 3.8) is 0 Å². The molecule has 0 atom stereocenters.